The lowest BCUT2D eigenvalue weighted by Crippen LogP contribution is -2.00. The van der Waals surface area contributed by atoms with Crippen LogP contribution in [-0.2, 0) is 4.74 Å². The van der Waals surface area contributed by atoms with Crippen LogP contribution in [0.2, 0.25) is 0 Å². The number of rotatable bonds is 5. The molecule has 4 nitrogen and oxygen atoms in total. The number of benzene rings is 2. The van der Waals surface area contributed by atoms with Gasteiger partial charge in [0.15, 0.2) is 0 Å². The molecule has 2 rings (SSSR count). The first-order valence-corrected chi connectivity index (χ1v) is 7.08. The summed E-state index contributed by atoms with van der Waals surface area (Å²) in [5.74, 6) is 1.15. The third kappa shape index (κ3) is 3.70. The largest absolute Gasteiger partial charge is 0.497 e. The molecule has 0 bridgehead atoms. The standard InChI is InChI=1S/C16H16O4S/c1-18-12-6-9-15(14(10-12)19-2)21-13-7-4-11(5-8-13)16(17)20-3/h4-10H,1-3H3. The first kappa shape index (κ1) is 15.3. The van der Waals surface area contributed by atoms with Crippen molar-refractivity contribution in [2.24, 2.45) is 0 Å². The Morgan fingerprint density at radius 2 is 1.67 bits per heavy atom. The van der Waals surface area contributed by atoms with Crippen LogP contribution < -0.4 is 9.47 Å². The summed E-state index contributed by atoms with van der Waals surface area (Å²) < 4.78 is 15.2. The molecule has 0 amide bonds. The smallest absolute Gasteiger partial charge is 0.337 e. The highest BCUT2D eigenvalue weighted by molar-refractivity contribution is 7.99. The van der Waals surface area contributed by atoms with Crippen molar-refractivity contribution in [2.75, 3.05) is 21.3 Å². The van der Waals surface area contributed by atoms with Crippen LogP contribution in [0, 0.1) is 0 Å². The Bertz CT molecular complexity index is 623. The summed E-state index contributed by atoms with van der Waals surface area (Å²) in [6.45, 7) is 0. The molecule has 0 N–H and O–H groups in total. The highest BCUT2D eigenvalue weighted by Gasteiger charge is 2.08. The fourth-order valence-electron chi connectivity index (χ4n) is 1.76. The van der Waals surface area contributed by atoms with Crippen molar-refractivity contribution in [1.29, 1.82) is 0 Å². The van der Waals surface area contributed by atoms with E-state index >= 15 is 0 Å². The van der Waals surface area contributed by atoms with Crippen LogP contribution in [-0.4, -0.2) is 27.3 Å². The van der Waals surface area contributed by atoms with E-state index in [1.54, 1.807) is 38.1 Å². The van der Waals surface area contributed by atoms with Crippen LogP contribution in [0.1, 0.15) is 10.4 Å². The van der Waals surface area contributed by atoms with Crippen molar-refractivity contribution in [3.05, 3.63) is 48.0 Å². The lowest BCUT2D eigenvalue weighted by molar-refractivity contribution is 0.0600. The maximum absolute atomic E-state index is 11.4. The molecule has 0 aliphatic rings. The molecule has 110 valence electrons. The van der Waals surface area contributed by atoms with Crippen LogP contribution in [0.3, 0.4) is 0 Å². The van der Waals surface area contributed by atoms with Gasteiger partial charge in [0.25, 0.3) is 0 Å². The predicted molar refractivity (Wildman–Crippen MR) is 81.5 cm³/mol. The fourth-order valence-corrected chi connectivity index (χ4v) is 2.67. The highest BCUT2D eigenvalue weighted by Crippen LogP contribution is 2.37. The maximum Gasteiger partial charge on any atom is 0.337 e. The van der Waals surface area contributed by atoms with Gasteiger partial charge in [-0.2, -0.15) is 0 Å². The number of ether oxygens (including phenoxy) is 3. The topological polar surface area (TPSA) is 44.8 Å². The number of carbonyl (C=O) groups is 1. The summed E-state index contributed by atoms with van der Waals surface area (Å²) in [7, 11) is 4.61. The third-order valence-corrected chi connectivity index (χ3v) is 3.94. The average molecular weight is 304 g/mol. The van der Waals surface area contributed by atoms with E-state index in [1.165, 1.54) is 7.11 Å². The monoisotopic (exact) mass is 304 g/mol. The van der Waals surface area contributed by atoms with Gasteiger partial charge in [-0.3, -0.25) is 0 Å². The Morgan fingerprint density at radius 1 is 0.952 bits per heavy atom. The molecule has 5 heteroatoms. The molecule has 0 aromatic heterocycles. The van der Waals surface area contributed by atoms with Crippen molar-refractivity contribution >= 4 is 17.7 Å². The Labute approximate surface area is 128 Å². The lowest BCUT2D eigenvalue weighted by Gasteiger charge is -2.10. The number of esters is 1. The second-order valence-corrected chi connectivity index (χ2v) is 5.25. The molecular formula is C16H16O4S. The van der Waals surface area contributed by atoms with Gasteiger partial charge in [0.2, 0.25) is 0 Å². The van der Waals surface area contributed by atoms with E-state index in [4.69, 9.17) is 9.47 Å². The molecule has 0 spiro atoms. The maximum atomic E-state index is 11.4. The minimum Gasteiger partial charge on any atom is -0.497 e. The van der Waals surface area contributed by atoms with Gasteiger partial charge in [0.05, 0.1) is 31.8 Å². The van der Waals surface area contributed by atoms with Crippen LogP contribution in [0.4, 0.5) is 0 Å². The van der Waals surface area contributed by atoms with Crippen molar-refractivity contribution in [3.63, 3.8) is 0 Å². The summed E-state index contributed by atoms with van der Waals surface area (Å²) in [5, 5.41) is 0. The minimum absolute atomic E-state index is 0.339. The molecule has 0 atom stereocenters. The van der Waals surface area contributed by atoms with E-state index < -0.39 is 0 Å². The summed E-state index contributed by atoms with van der Waals surface area (Å²) in [6.07, 6.45) is 0. The van der Waals surface area contributed by atoms with Gasteiger partial charge in [-0.1, -0.05) is 11.8 Å². The zero-order valence-electron chi connectivity index (χ0n) is 12.1. The highest BCUT2D eigenvalue weighted by atomic mass is 32.2. The Hall–Kier alpha value is -2.14. The quantitative estimate of drug-likeness (QED) is 0.789. The van der Waals surface area contributed by atoms with Gasteiger partial charge in [-0.25, -0.2) is 4.79 Å². The zero-order chi connectivity index (χ0) is 15.2. The predicted octanol–water partition coefficient (Wildman–Crippen LogP) is 3.64. The van der Waals surface area contributed by atoms with Crippen molar-refractivity contribution < 1.29 is 19.0 Å². The summed E-state index contributed by atoms with van der Waals surface area (Å²) in [4.78, 5) is 13.4. The first-order chi connectivity index (χ1) is 10.2. The molecule has 0 saturated heterocycles. The Balaban J connectivity index is 2.20. The van der Waals surface area contributed by atoms with Gasteiger partial charge in [0.1, 0.15) is 11.5 Å². The molecule has 0 unspecified atom stereocenters. The van der Waals surface area contributed by atoms with Gasteiger partial charge in [0, 0.05) is 11.0 Å². The Morgan fingerprint density at radius 3 is 2.24 bits per heavy atom. The lowest BCUT2D eigenvalue weighted by atomic mass is 10.2. The molecule has 0 radical (unpaired) electrons. The SMILES string of the molecule is COC(=O)c1ccc(Sc2ccc(OC)cc2OC)cc1. The summed E-state index contributed by atoms with van der Waals surface area (Å²) in [6, 6.07) is 12.9. The molecule has 2 aromatic carbocycles. The Kier molecular flexibility index (Phi) is 5.11. The fraction of sp³-hybridized carbons (Fsp3) is 0.188. The second-order valence-electron chi connectivity index (χ2n) is 4.13. The third-order valence-electron chi connectivity index (χ3n) is 2.87. The van der Waals surface area contributed by atoms with E-state index in [0.29, 0.717) is 5.56 Å². The molecular weight excluding hydrogens is 288 g/mol. The van der Waals surface area contributed by atoms with Gasteiger partial charge in [-0.15, -0.1) is 0 Å². The van der Waals surface area contributed by atoms with Crippen molar-refractivity contribution in [2.45, 2.75) is 9.79 Å². The van der Waals surface area contributed by atoms with E-state index in [-0.39, 0.29) is 5.97 Å². The molecule has 0 fully saturated rings. The van der Waals surface area contributed by atoms with Crippen molar-refractivity contribution in [3.8, 4) is 11.5 Å². The van der Waals surface area contributed by atoms with Gasteiger partial charge in [-0.05, 0) is 36.4 Å². The van der Waals surface area contributed by atoms with E-state index in [1.807, 2.05) is 30.3 Å². The molecule has 0 aliphatic heterocycles. The summed E-state index contributed by atoms with van der Waals surface area (Å²) >= 11 is 1.55. The molecule has 0 heterocycles. The van der Waals surface area contributed by atoms with Crippen LogP contribution in [0.15, 0.2) is 52.3 Å². The normalized spacial score (nSPS) is 10.0. The molecule has 21 heavy (non-hydrogen) atoms. The van der Waals surface area contributed by atoms with E-state index in [0.717, 1.165) is 21.3 Å². The molecule has 2 aromatic rings. The average Bonchev–Trinajstić information content (AvgIpc) is 2.55. The number of hydrogen-bond acceptors (Lipinski definition) is 5. The first-order valence-electron chi connectivity index (χ1n) is 6.26. The van der Waals surface area contributed by atoms with E-state index in [2.05, 4.69) is 4.74 Å². The second kappa shape index (κ2) is 7.04. The number of methoxy groups -OCH3 is 3. The molecule has 0 aliphatic carbocycles. The number of hydrogen-bond donors (Lipinski definition) is 0. The van der Waals surface area contributed by atoms with Gasteiger partial charge >= 0.3 is 5.97 Å². The van der Waals surface area contributed by atoms with Crippen molar-refractivity contribution in [1.82, 2.24) is 0 Å². The van der Waals surface area contributed by atoms with Crippen LogP contribution in [0.25, 0.3) is 0 Å². The van der Waals surface area contributed by atoms with Crippen LogP contribution >= 0.6 is 11.8 Å². The zero-order valence-corrected chi connectivity index (χ0v) is 12.9. The minimum atomic E-state index is -0.339. The number of carbonyl (C=O) groups excluding carboxylic acids is 1. The van der Waals surface area contributed by atoms with E-state index in [9.17, 15) is 4.79 Å². The summed E-state index contributed by atoms with van der Waals surface area (Å²) in [5.41, 5.74) is 0.531. The van der Waals surface area contributed by atoms with Crippen LogP contribution in [0.5, 0.6) is 11.5 Å². The van der Waals surface area contributed by atoms with Gasteiger partial charge < -0.3 is 14.2 Å². The molecule has 0 saturated carbocycles.